The number of hydrogen-bond acceptors (Lipinski definition) is 4. The van der Waals surface area contributed by atoms with Gasteiger partial charge in [-0.3, -0.25) is 4.79 Å². The van der Waals surface area contributed by atoms with Gasteiger partial charge in [0.05, 0.1) is 10.8 Å². The topological polar surface area (TPSA) is 83.7 Å². The molecule has 3 rings (SSSR count). The van der Waals surface area contributed by atoms with E-state index in [1.165, 1.54) is 4.31 Å². The lowest BCUT2D eigenvalue weighted by Gasteiger charge is -2.41. The molecule has 0 aliphatic carbocycles. The summed E-state index contributed by atoms with van der Waals surface area (Å²) in [6.45, 7) is 4.12. The first-order valence-electron chi connectivity index (χ1n) is 9.49. The summed E-state index contributed by atoms with van der Waals surface area (Å²) in [6.07, 6.45) is 3.37. The first-order valence-corrected chi connectivity index (χ1v) is 10.9. The number of nitrogens with two attached hydrogens (primary N) is 1. The van der Waals surface area contributed by atoms with E-state index in [1.807, 2.05) is 4.90 Å². The van der Waals surface area contributed by atoms with E-state index in [2.05, 4.69) is 6.92 Å². The van der Waals surface area contributed by atoms with Gasteiger partial charge in [0, 0.05) is 32.2 Å². The molecule has 2 saturated heterocycles. The predicted octanol–water partition coefficient (Wildman–Crippen LogP) is 1.67. The quantitative estimate of drug-likeness (QED) is 0.863. The van der Waals surface area contributed by atoms with Crippen molar-refractivity contribution in [3.63, 3.8) is 0 Å². The SMILES string of the molecule is CC1CCN(C(=O)C2CCCN(S(=O)(=O)c3ccccc3)C2)C(CN)C1. The Morgan fingerprint density at radius 2 is 1.92 bits per heavy atom. The highest BCUT2D eigenvalue weighted by Gasteiger charge is 2.37. The minimum Gasteiger partial charge on any atom is -0.338 e. The minimum absolute atomic E-state index is 0.0697. The monoisotopic (exact) mass is 379 g/mol. The zero-order valence-electron chi connectivity index (χ0n) is 15.4. The number of carbonyl (C=O) groups is 1. The molecule has 2 fully saturated rings. The van der Waals surface area contributed by atoms with Gasteiger partial charge in [0.2, 0.25) is 15.9 Å². The molecule has 0 radical (unpaired) electrons. The largest absolute Gasteiger partial charge is 0.338 e. The van der Waals surface area contributed by atoms with E-state index >= 15 is 0 Å². The number of nitrogens with zero attached hydrogens (tertiary/aromatic N) is 2. The maximum absolute atomic E-state index is 13.1. The summed E-state index contributed by atoms with van der Waals surface area (Å²) in [6, 6.07) is 8.54. The van der Waals surface area contributed by atoms with Gasteiger partial charge in [-0.2, -0.15) is 4.31 Å². The smallest absolute Gasteiger partial charge is 0.243 e. The molecule has 3 atom stereocenters. The van der Waals surface area contributed by atoms with E-state index in [0.717, 1.165) is 25.8 Å². The Bertz CT molecular complexity index is 723. The van der Waals surface area contributed by atoms with E-state index < -0.39 is 10.0 Å². The number of likely N-dealkylation sites (tertiary alicyclic amines) is 1. The Morgan fingerprint density at radius 3 is 2.62 bits per heavy atom. The Kier molecular flexibility index (Phi) is 5.99. The van der Waals surface area contributed by atoms with Crippen LogP contribution in [0.2, 0.25) is 0 Å². The lowest BCUT2D eigenvalue weighted by atomic mass is 9.90. The Morgan fingerprint density at radius 1 is 1.19 bits per heavy atom. The van der Waals surface area contributed by atoms with Crippen molar-refractivity contribution in [1.82, 2.24) is 9.21 Å². The van der Waals surface area contributed by atoms with Gasteiger partial charge in [-0.25, -0.2) is 8.42 Å². The van der Waals surface area contributed by atoms with Crippen molar-refractivity contribution in [2.45, 2.75) is 43.5 Å². The lowest BCUT2D eigenvalue weighted by molar-refractivity contribution is -0.140. The molecule has 1 aromatic carbocycles. The first kappa shape index (κ1) is 19.3. The molecule has 7 heteroatoms. The van der Waals surface area contributed by atoms with Crippen molar-refractivity contribution in [3.05, 3.63) is 30.3 Å². The minimum atomic E-state index is -3.55. The fourth-order valence-corrected chi connectivity index (χ4v) is 5.65. The van der Waals surface area contributed by atoms with Gasteiger partial charge < -0.3 is 10.6 Å². The van der Waals surface area contributed by atoms with Crippen molar-refractivity contribution in [2.75, 3.05) is 26.2 Å². The molecule has 144 valence electrons. The van der Waals surface area contributed by atoms with Crippen molar-refractivity contribution < 1.29 is 13.2 Å². The van der Waals surface area contributed by atoms with Gasteiger partial charge >= 0.3 is 0 Å². The number of sulfonamides is 1. The highest BCUT2D eigenvalue weighted by Crippen LogP contribution is 2.28. The number of rotatable bonds is 4. The number of hydrogen-bond donors (Lipinski definition) is 1. The summed E-state index contributed by atoms with van der Waals surface area (Å²) in [5.74, 6) is 0.374. The van der Waals surface area contributed by atoms with E-state index in [-0.39, 0.29) is 24.4 Å². The summed E-state index contributed by atoms with van der Waals surface area (Å²) in [5.41, 5.74) is 5.90. The van der Waals surface area contributed by atoms with Gasteiger partial charge in [-0.15, -0.1) is 0 Å². The number of carbonyl (C=O) groups excluding carboxylic acids is 1. The second kappa shape index (κ2) is 8.06. The average Bonchev–Trinajstić information content (AvgIpc) is 2.68. The van der Waals surface area contributed by atoms with Crippen molar-refractivity contribution in [3.8, 4) is 0 Å². The molecule has 2 aliphatic rings. The van der Waals surface area contributed by atoms with E-state index in [0.29, 0.717) is 30.3 Å². The van der Waals surface area contributed by atoms with E-state index in [9.17, 15) is 13.2 Å². The summed E-state index contributed by atoms with van der Waals surface area (Å²) in [7, 11) is -3.55. The molecule has 26 heavy (non-hydrogen) atoms. The number of piperidine rings is 2. The van der Waals surface area contributed by atoms with Gasteiger partial charge in [0.1, 0.15) is 0 Å². The molecule has 3 unspecified atom stereocenters. The fraction of sp³-hybridized carbons (Fsp3) is 0.632. The second-order valence-corrected chi connectivity index (χ2v) is 9.50. The zero-order valence-corrected chi connectivity index (χ0v) is 16.2. The maximum Gasteiger partial charge on any atom is 0.243 e. The molecule has 2 N–H and O–H groups in total. The maximum atomic E-state index is 13.1. The van der Waals surface area contributed by atoms with Gasteiger partial charge in [-0.05, 0) is 43.7 Å². The van der Waals surface area contributed by atoms with Crippen LogP contribution in [-0.2, 0) is 14.8 Å². The lowest BCUT2D eigenvalue weighted by Crippen LogP contribution is -2.54. The molecule has 6 nitrogen and oxygen atoms in total. The molecule has 2 aliphatic heterocycles. The van der Waals surface area contributed by atoms with Crippen molar-refractivity contribution >= 4 is 15.9 Å². The van der Waals surface area contributed by atoms with Crippen LogP contribution in [0, 0.1) is 11.8 Å². The van der Waals surface area contributed by atoms with Crippen LogP contribution in [-0.4, -0.2) is 55.8 Å². The summed E-state index contributed by atoms with van der Waals surface area (Å²) >= 11 is 0. The van der Waals surface area contributed by atoms with Crippen LogP contribution in [0.25, 0.3) is 0 Å². The standard InChI is InChI=1S/C19H29N3O3S/c1-15-9-11-22(17(12-15)13-20)19(23)16-6-5-10-21(14-16)26(24,25)18-7-3-2-4-8-18/h2-4,7-8,15-17H,5-6,9-14,20H2,1H3. The van der Waals surface area contributed by atoms with Crippen LogP contribution in [0.5, 0.6) is 0 Å². The molecule has 0 saturated carbocycles. The average molecular weight is 380 g/mol. The van der Waals surface area contributed by atoms with Gasteiger partial charge in [0.15, 0.2) is 0 Å². The third-order valence-electron chi connectivity index (χ3n) is 5.65. The molecule has 2 heterocycles. The van der Waals surface area contributed by atoms with Gasteiger partial charge in [0.25, 0.3) is 0 Å². The Labute approximate surface area is 156 Å². The third-order valence-corrected chi connectivity index (χ3v) is 7.53. The molecule has 0 bridgehead atoms. The summed E-state index contributed by atoms with van der Waals surface area (Å²) in [5, 5.41) is 0. The van der Waals surface area contributed by atoms with Crippen LogP contribution < -0.4 is 5.73 Å². The fourth-order valence-electron chi connectivity index (χ4n) is 4.10. The van der Waals surface area contributed by atoms with Crippen LogP contribution in [0.3, 0.4) is 0 Å². The highest BCUT2D eigenvalue weighted by atomic mass is 32.2. The number of benzene rings is 1. The molecular weight excluding hydrogens is 350 g/mol. The van der Waals surface area contributed by atoms with Crippen molar-refractivity contribution in [2.24, 2.45) is 17.6 Å². The summed E-state index contributed by atoms with van der Waals surface area (Å²) in [4.78, 5) is 15.3. The van der Waals surface area contributed by atoms with Crippen LogP contribution in [0.15, 0.2) is 35.2 Å². The van der Waals surface area contributed by atoms with Crippen LogP contribution >= 0.6 is 0 Å². The van der Waals surface area contributed by atoms with Crippen LogP contribution in [0.4, 0.5) is 0 Å². The zero-order chi connectivity index (χ0) is 18.7. The number of amides is 1. The van der Waals surface area contributed by atoms with E-state index in [4.69, 9.17) is 5.73 Å². The van der Waals surface area contributed by atoms with Gasteiger partial charge in [-0.1, -0.05) is 25.1 Å². The second-order valence-electron chi connectivity index (χ2n) is 7.57. The van der Waals surface area contributed by atoms with Crippen LogP contribution in [0.1, 0.15) is 32.6 Å². The first-order chi connectivity index (χ1) is 12.4. The molecule has 0 aromatic heterocycles. The molecular formula is C19H29N3O3S. The Hall–Kier alpha value is -1.44. The predicted molar refractivity (Wildman–Crippen MR) is 101 cm³/mol. The third kappa shape index (κ3) is 3.94. The highest BCUT2D eigenvalue weighted by molar-refractivity contribution is 7.89. The molecule has 1 aromatic rings. The summed E-state index contributed by atoms with van der Waals surface area (Å²) < 4.78 is 27.2. The van der Waals surface area contributed by atoms with E-state index in [1.54, 1.807) is 30.3 Å². The normalized spacial score (nSPS) is 28.1. The Balaban J connectivity index is 1.73. The molecule has 1 amide bonds. The molecule has 0 spiro atoms. The van der Waals surface area contributed by atoms with Crippen molar-refractivity contribution in [1.29, 1.82) is 0 Å².